The molecule has 0 bridgehead atoms. The summed E-state index contributed by atoms with van der Waals surface area (Å²) < 4.78 is 0. The molecule has 4 aromatic carbocycles. The van der Waals surface area contributed by atoms with Gasteiger partial charge in [-0.15, -0.1) is 0 Å². The third-order valence-corrected chi connectivity index (χ3v) is 6.41. The zero-order valence-corrected chi connectivity index (χ0v) is 22.5. The quantitative estimate of drug-likeness (QED) is 0.203. The molecule has 0 aromatic heterocycles. The van der Waals surface area contributed by atoms with Crippen LogP contribution in [0.3, 0.4) is 0 Å². The van der Waals surface area contributed by atoms with Crippen molar-refractivity contribution in [3.63, 3.8) is 0 Å². The normalized spacial score (nSPS) is 11.9. The van der Waals surface area contributed by atoms with Crippen LogP contribution in [0, 0.1) is 0 Å². The summed E-state index contributed by atoms with van der Waals surface area (Å²) in [6, 6.07) is 34.2. The Balaban J connectivity index is 1.40. The van der Waals surface area contributed by atoms with Crippen molar-refractivity contribution in [2.45, 2.75) is 24.9 Å². The van der Waals surface area contributed by atoms with Crippen LogP contribution in [0.1, 0.15) is 31.8 Å². The molecular formula is C33H32N4O4. The lowest BCUT2D eigenvalue weighted by Gasteiger charge is -2.21. The van der Waals surface area contributed by atoms with E-state index in [0.717, 1.165) is 11.1 Å². The molecule has 0 radical (unpaired) electrons. The standard InChI is InChI=1S/C33H32N4O4/c38-30(26-17-9-3-10-18-26)36-28(21-24-13-5-1-6-14-24)32(40)34-23-35-33(41)29(22-25-15-7-2-8-16-25)37-31(39)27-19-11-4-12-20-27/h1-20,28-29H,21-23H2,(H,34,40)(H,35,41)(H,36,38)(H,37,39)/t28-,29-/m0/s1. The summed E-state index contributed by atoms with van der Waals surface area (Å²) in [7, 11) is 0. The van der Waals surface area contributed by atoms with Crippen LogP contribution in [0.5, 0.6) is 0 Å². The Morgan fingerprint density at radius 3 is 1.12 bits per heavy atom. The fourth-order valence-electron chi connectivity index (χ4n) is 4.25. The van der Waals surface area contributed by atoms with Gasteiger partial charge in [-0.05, 0) is 35.4 Å². The van der Waals surface area contributed by atoms with Gasteiger partial charge in [-0.2, -0.15) is 0 Å². The lowest BCUT2D eigenvalue weighted by molar-refractivity contribution is -0.124. The molecule has 2 atom stereocenters. The molecule has 0 aliphatic carbocycles. The average Bonchev–Trinajstić information content (AvgIpc) is 3.02. The zero-order chi connectivity index (χ0) is 28.9. The van der Waals surface area contributed by atoms with E-state index in [1.165, 1.54) is 0 Å². The van der Waals surface area contributed by atoms with E-state index in [9.17, 15) is 19.2 Å². The Bertz CT molecular complexity index is 1320. The van der Waals surface area contributed by atoms with Crippen LogP contribution in [-0.4, -0.2) is 42.4 Å². The number of amides is 4. The van der Waals surface area contributed by atoms with Gasteiger partial charge in [-0.25, -0.2) is 0 Å². The van der Waals surface area contributed by atoms with Gasteiger partial charge in [-0.1, -0.05) is 97.1 Å². The van der Waals surface area contributed by atoms with Crippen molar-refractivity contribution in [2.75, 3.05) is 6.67 Å². The Labute approximate surface area is 239 Å². The Morgan fingerprint density at radius 1 is 0.463 bits per heavy atom. The highest BCUT2D eigenvalue weighted by Crippen LogP contribution is 2.07. The number of nitrogens with one attached hydrogen (secondary N) is 4. The van der Waals surface area contributed by atoms with E-state index in [-0.39, 0.29) is 31.3 Å². The van der Waals surface area contributed by atoms with Crippen LogP contribution >= 0.6 is 0 Å². The van der Waals surface area contributed by atoms with Crippen LogP contribution in [0.25, 0.3) is 0 Å². The SMILES string of the molecule is O=C(N[C@@H](Cc1ccccc1)C(=O)NCNC(=O)[C@H](Cc1ccccc1)NC(=O)c1ccccc1)c1ccccc1. The molecule has 0 unspecified atom stereocenters. The fraction of sp³-hybridized carbons (Fsp3) is 0.152. The summed E-state index contributed by atoms with van der Waals surface area (Å²) in [6.45, 7) is -0.184. The van der Waals surface area contributed by atoms with Gasteiger partial charge in [-0.3, -0.25) is 19.2 Å². The molecule has 4 N–H and O–H groups in total. The zero-order valence-electron chi connectivity index (χ0n) is 22.5. The molecule has 4 amide bonds. The molecule has 0 spiro atoms. The van der Waals surface area contributed by atoms with E-state index in [1.54, 1.807) is 60.7 Å². The van der Waals surface area contributed by atoms with Gasteiger partial charge in [0.05, 0.1) is 6.67 Å². The topological polar surface area (TPSA) is 116 Å². The van der Waals surface area contributed by atoms with E-state index < -0.39 is 23.9 Å². The molecule has 0 saturated carbocycles. The minimum atomic E-state index is -0.875. The molecule has 8 heteroatoms. The second kappa shape index (κ2) is 14.8. The van der Waals surface area contributed by atoms with E-state index in [1.807, 2.05) is 60.7 Å². The molecule has 0 fully saturated rings. The number of benzene rings is 4. The summed E-state index contributed by atoms with van der Waals surface area (Å²) in [4.78, 5) is 52.0. The van der Waals surface area contributed by atoms with Gasteiger partial charge >= 0.3 is 0 Å². The van der Waals surface area contributed by atoms with Crippen molar-refractivity contribution in [2.24, 2.45) is 0 Å². The fourth-order valence-corrected chi connectivity index (χ4v) is 4.25. The molecule has 0 aliphatic heterocycles. The van der Waals surface area contributed by atoms with E-state index >= 15 is 0 Å². The maximum atomic E-state index is 13.2. The number of carbonyl (C=O) groups is 4. The average molecular weight is 549 g/mol. The van der Waals surface area contributed by atoms with E-state index in [0.29, 0.717) is 11.1 Å². The van der Waals surface area contributed by atoms with Crippen LogP contribution in [0.2, 0.25) is 0 Å². The third-order valence-electron chi connectivity index (χ3n) is 6.41. The van der Waals surface area contributed by atoms with Crippen LogP contribution in [0.15, 0.2) is 121 Å². The first-order valence-corrected chi connectivity index (χ1v) is 13.3. The van der Waals surface area contributed by atoms with Crippen molar-refractivity contribution < 1.29 is 19.2 Å². The summed E-state index contributed by atoms with van der Waals surface area (Å²) in [5.41, 5.74) is 2.61. The highest BCUT2D eigenvalue weighted by molar-refractivity contribution is 5.98. The van der Waals surface area contributed by atoms with Crippen LogP contribution in [-0.2, 0) is 22.4 Å². The lowest BCUT2D eigenvalue weighted by Crippen LogP contribution is -2.53. The van der Waals surface area contributed by atoms with E-state index in [2.05, 4.69) is 21.3 Å². The maximum Gasteiger partial charge on any atom is 0.251 e. The summed E-state index contributed by atoms with van der Waals surface area (Å²) in [5, 5.41) is 11.0. The second-order valence-electron chi connectivity index (χ2n) is 9.42. The first kappa shape index (κ1) is 28.8. The Kier molecular flexibility index (Phi) is 10.4. The molecular weight excluding hydrogens is 516 g/mol. The van der Waals surface area contributed by atoms with Gasteiger partial charge in [0.15, 0.2) is 0 Å². The molecule has 41 heavy (non-hydrogen) atoms. The minimum absolute atomic E-state index is 0.184. The van der Waals surface area contributed by atoms with Crippen molar-refractivity contribution in [1.29, 1.82) is 0 Å². The number of hydrogen-bond donors (Lipinski definition) is 4. The summed E-state index contributed by atoms with van der Waals surface area (Å²) in [5.74, 6) is -1.66. The predicted molar refractivity (Wildman–Crippen MR) is 157 cm³/mol. The highest BCUT2D eigenvalue weighted by Gasteiger charge is 2.24. The van der Waals surface area contributed by atoms with Crippen molar-refractivity contribution in [3.05, 3.63) is 144 Å². The van der Waals surface area contributed by atoms with Gasteiger partial charge in [0, 0.05) is 24.0 Å². The summed E-state index contributed by atoms with van der Waals surface area (Å²) in [6.07, 6.45) is 0.534. The van der Waals surface area contributed by atoms with Crippen molar-refractivity contribution >= 4 is 23.6 Å². The molecule has 0 aliphatic rings. The maximum absolute atomic E-state index is 13.2. The number of rotatable bonds is 12. The van der Waals surface area contributed by atoms with Crippen LogP contribution < -0.4 is 21.3 Å². The van der Waals surface area contributed by atoms with Crippen LogP contribution in [0.4, 0.5) is 0 Å². The van der Waals surface area contributed by atoms with E-state index in [4.69, 9.17) is 0 Å². The molecule has 4 aromatic rings. The highest BCUT2D eigenvalue weighted by atomic mass is 16.2. The summed E-state index contributed by atoms with van der Waals surface area (Å²) >= 11 is 0. The Hall–Kier alpha value is -5.24. The Morgan fingerprint density at radius 2 is 0.780 bits per heavy atom. The van der Waals surface area contributed by atoms with Crippen molar-refractivity contribution in [1.82, 2.24) is 21.3 Å². The second-order valence-corrected chi connectivity index (χ2v) is 9.42. The monoisotopic (exact) mass is 548 g/mol. The smallest absolute Gasteiger partial charge is 0.251 e. The first-order valence-electron chi connectivity index (χ1n) is 13.3. The molecule has 8 nitrogen and oxygen atoms in total. The van der Waals surface area contributed by atoms with Gasteiger partial charge in [0.1, 0.15) is 12.1 Å². The number of carbonyl (C=O) groups excluding carboxylic acids is 4. The number of hydrogen-bond acceptors (Lipinski definition) is 4. The third kappa shape index (κ3) is 8.90. The van der Waals surface area contributed by atoms with Crippen molar-refractivity contribution in [3.8, 4) is 0 Å². The first-order chi connectivity index (χ1) is 20.0. The minimum Gasteiger partial charge on any atom is -0.340 e. The predicted octanol–water partition coefficient (Wildman–Crippen LogP) is 3.26. The largest absolute Gasteiger partial charge is 0.340 e. The molecule has 208 valence electrons. The lowest BCUT2D eigenvalue weighted by atomic mass is 10.0. The molecule has 0 heterocycles. The van der Waals surface area contributed by atoms with Gasteiger partial charge < -0.3 is 21.3 Å². The van der Waals surface area contributed by atoms with Gasteiger partial charge in [0.2, 0.25) is 11.8 Å². The van der Waals surface area contributed by atoms with Gasteiger partial charge in [0.25, 0.3) is 11.8 Å². The molecule has 4 rings (SSSR count). The molecule has 0 saturated heterocycles.